The van der Waals surface area contributed by atoms with Crippen molar-refractivity contribution < 1.29 is 0 Å². The molecular weight excluding hydrogens is 198 g/mol. The highest BCUT2D eigenvalue weighted by Crippen LogP contribution is 2.23. The molecule has 0 aliphatic rings. The summed E-state index contributed by atoms with van der Waals surface area (Å²) in [6.45, 7) is 8.93. The summed E-state index contributed by atoms with van der Waals surface area (Å²) in [5.41, 5.74) is 2.03. The Kier molecular flexibility index (Phi) is 2.74. The third-order valence-electron chi connectivity index (χ3n) is 2.68. The fourth-order valence-corrected chi connectivity index (χ4v) is 1.73. The van der Waals surface area contributed by atoms with Crippen molar-refractivity contribution in [2.45, 2.75) is 13.0 Å². The van der Waals surface area contributed by atoms with Crippen LogP contribution in [0.15, 0.2) is 36.5 Å². The number of imidazole rings is 1. The van der Waals surface area contributed by atoms with Crippen molar-refractivity contribution in [3.05, 3.63) is 53.6 Å². The van der Waals surface area contributed by atoms with Crippen LogP contribution in [-0.2, 0) is 7.05 Å². The van der Waals surface area contributed by atoms with Gasteiger partial charge in [-0.25, -0.2) is 11.6 Å². The van der Waals surface area contributed by atoms with E-state index in [0.717, 1.165) is 17.1 Å². The van der Waals surface area contributed by atoms with Crippen molar-refractivity contribution in [1.29, 1.82) is 0 Å². The van der Waals surface area contributed by atoms with E-state index in [1.165, 1.54) is 0 Å². The summed E-state index contributed by atoms with van der Waals surface area (Å²) in [4.78, 5) is 7.89. The van der Waals surface area contributed by atoms with E-state index in [0.29, 0.717) is 0 Å². The quantitative estimate of drug-likeness (QED) is 0.700. The van der Waals surface area contributed by atoms with Gasteiger partial charge in [-0.1, -0.05) is 30.3 Å². The van der Waals surface area contributed by atoms with Crippen molar-refractivity contribution in [3.63, 3.8) is 0 Å². The Labute approximate surface area is 95.2 Å². The minimum atomic E-state index is -0.144. The maximum atomic E-state index is 7.04. The SMILES string of the molecule is [C-]#[N+]C(C)c1cnc(-c2ccccc2)n1C. The second-order valence-corrected chi connectivity index (χ2v) is 3.74. The Morgan fingerprint density at radius 1 is 1.31 bits per heavy atom. The number of aromatic nitrogens is 2. The van der Waals surface area contributed by atoms with E-state index in [-0.39, 0.29) is 6.04 Å². The maximum Gasteiger partial charge on any atom is 0.262 e. The van der Waals surface area contributed by atoms with Crippen LogP contribution in [0.3, 0.4) is 0 Å². The van der Waals surface area contributed by atoms with Gasteiger partial charge in [0.25, 0.3) is 6.04 Å². The lowest BCUT2D eigenvalue weighted by Gasteiger charge is -2.04. The van der Waals surface area contributed by atoms with Gasteiger partial charge in [-0.3, -0.25) is 0 Å². The zero-order chi connectivity index (χ0) is 11.5. The van der Waals surface area contributed by atoms with Gasteiger partial charge in [0, 0.05) is 19.5 Å². The maximum absolute atomic E-state index is 7.04. The zero-order valence-corrected chi connectivity index (χ0v) is 9.38. The molecule has 0 saturated heterocycles. The van der Waals surface area contributed by atoms with Crippen LogP contribution in [-0.4, -0.2) is 9.55 Å². The summed E-state index contributed by atoms with van der Waals surface area (Å²) < 4.78 is 1.98. The molecule has 0 saturated carbocycles. The Morgan fingerprint density at radius 3 is 2.62 bits per heavy atom. The molecule has 0 N–H and O–H groups in total. The fourth-order valence-electron chi connectivity index (χ4n) is 1.73. The summed E-state index contributed by atoms with van der Waals surface area (Å²) in [5, 5.41) is 0. The van der Waals surface area contributed by atoms with Crippen molar-refractivity contribution in [2.24, 2.45) is 7.05 Å². The van der Waals surface area contributed by atoms with Crippen molar-refractivity contribution in [2.75, 3.05) is 0 Å². The van der Waals surface area contributed by atoms with Crippen LogP contribution in [0.25, 0.3) is 16.2 Å². The number of benzene rings is 1. The van der Waals surface area contributed by atoms with Gasteiger partial charge in [0.15, 0.2) is 0 Å². The number of hydrogen-bond acceptors (Lipinski definition) is 1. The largest absolute Gasteiger partial charge is 0.325 e. The number of nitrogens with zero attached hydrogens (tertiary/aromatic N) is 3. The molecular formula is C13H13N3. The van der Waals surface area contributed by atoms with Gasteiger partial charge in [-0.2, -0.15) is 0 Å². The average Bonchev–Trinajstić information content (AvgIpc) is 2.71. The van der Waals surface area contributed by atoms with Gasteiger partial charge < -0.3 is 9.41 Å². The van der Waals surface area contributed by atoms with Crippen molar-refractivity contribution >= 4 is 0 Å². The van der Waals surface area contributed by atoms with Gasteiger partial charge in [0.2, 0.25) is 0 Å². The molecule has 16 heavy (non-hydrogen) atoms. The first-order valence-corrected chi connectivity index (χ1v) is 5.17. The predicted octanol–water partition coefficient (Wildman–Crippen LogP) is 3.07. The van der Waals surface area contributed by atoms with Crippen molar-refractivity contribution in [1.82, 2.24) is 9.55 Å². The first kappa shape index (κ1) is 10.4. The smallest absolute Gasteiger partial charge is 0.262 e. The van der Waals surface area contributed by atoms with Crippen LogP contribution in [0.5, 0.6) is 0 Å². The minimum absolute atomic E-state index is 0.144. The molecule has 0 radical (unpaired) electrons. The van der Waals surface area contributed by atoms with Gasteiger partial charge >= 0.3 is 0 Å². The summed E-state index contributed by atoms with van der Waals surface area (Å²) in [5.74, 6) is 0.908. The fraction of sp³-hybridized carbons (Fsp3) is 0.231. The van der Waals surface area contributed by atoms with Gasteiger partial charge in [-0.15, -0.1) is 0 Å². The lowest BCUT2D eigenvalue weighted by molar-refractivity contribution is 0.788. The lowest BCUT2D eigenvalue weighted by atomic mass is 10.2. The first-order valence-electron chi connectivity index (χ1n) is 5.17. The van der Waals surface area contributed by atoms with Crippen LogP contribution >= 0.6 is 0 Å². The molecule has 80 valence electrons. The monoisotopic (exact) mass is 211 g/mol. The van der Waals surface area contributed by atoms with E-state index in [2.05, 4.69) is 9.83 Å². The Balaban J connectivity index is 2.46. The van der Waals surface area contributed by atoms with E-state index in [1.807, 2.05) is 48.9 Å². The number of hydrogen-bond donors (Lipinski definition) is 0. The van der Waals surface area contributed by atoms with E-state index in [9.17, 15) is 0 Å². The van der Waals surface area contributed by atoms with Crippen LogP contribution in [0.4, 0.5) is 0 Å². The highest BCUT2D eigenvalue weighted by Gasteiger charge is 2.16. The molecule has 1 unspecified atom stereocenters. The normalized spacial score (nSPS) is 12.1. The molecule has 1 atom stereocenters. The molecule has 1 aromatic carbocycles. The summed E-state index contributed by atoms with van der Waals surface area (Å²) in [7, 11) is 1.95. The Hall–Kier alpha value is -2.08. The van der Waals surface area contributed by atoms with Crippen LogP contribution in [0, 0.1) is 6.57 Å². The zero-order valence-electron chi connectivity index (χ0n) is 9.38. The van der Waals surface area contributed by atoms with Gasteiger partial charge in [0.05, 0.1) is 6.20 Å². The van der Waals surface area contributed by atoms with Crippen LogP contribution < -0.4 is 0 Å². The molecule has 3 nitrogen and oxygen atoms in total. The van der Waals surface area contributed by atoms with E-state index in [1.54, 1.807) is 6.20 Å². The molecule has 2 aromatic rings. The molecule has 0 aliphatic heterocycles. The topological polar surface area (TPSA) is 22.2 Å². The Morgan fingerprint density at radius 2 is 2.00 bits per heavy atom. The number of rotatable bonds is 2. The first-order chi connectivity index (χ1) is 7.74. The summed E-state index contributed by atoms with van der Waals surface area (Å²) in [6, 6.07) is 9.86. The van der Waals surface area contributed by atoms with E-state index >= 15 is 0 Å². The standard InChI is InChI=1S/C13H13N3/c1-10(14-2)12-9-15-13(16(12)3)11-7-5-4-6-8-11/h4-10H,1,3H3. The molecule has 0 fully saturated rings. The van der Waals surface area contributed by atoms with E-state index in [4.69, 9.17) is 6.57 Å². The third kappa shape index (κ3) is 1.70. The molecule has 0 spiro atoms. The van der Waals surface area contributed by atoms with Crippen molar-refractivity contribution in [3.8, 4) is 11.4 Å². The van der Waals surface area contributed by atoms with Gasteiger partial charge in [0.1, 0.15) is 11.5 Å². The minimum Gasteiger partial charge on any atom is -0.325 e. The van der Waals surface area contributed by atoms with E-state index < -0.39 is 0 Å². The molecule has 0 amide bonds. The Bertz CT molecular complexity index is 520. The molecule has 1 heterocycles. The van der Waals surface area contributed by atoms with Gasteiger partial charge in [-0.05, 0) is 0 Å². The summed E-state index contributed by atoms with van der Waals surface area (Å²) >= 11 is 0. The third-order valence-corrected chi connectivity index (χ3v) is 2.68. The average molecular weight is 211 g/mol. The summed E-state index contributed by atoms with van der Waals surface area (Å²) in [6.07, 6.45) is 1.78. The molecule has 0 aliphatic carbocycles. The molecule has 0 bridgehead atoms. The van der Waals surface area contributed by atoms with Crippen LogP contribution in [0.1, 0.15) is 18.7 Å². The molecule has 1 aromatic heterocycles. The highest BCUT2D eigenvalue weighted by molar-refractivity contribution is 5.55. The lowest BCUT2D eigenvalue weighted by Crippen LogP contribution is -1.99. The molecule has 2 rings (SSSR count). The second-order valence-electron chi connectivity index (χ2n) is 3.74. The molecule has 3 heteroatoms. The van der Waals surface area contributed by atoms with Crippen LogP contribution in [0.2, 0.25) is 0 Å². The predicted molar refractivity (Wildman–Crippen MR) is 63.7 cm³/mol. The highest BCUT2D eigenvalue weighted by atomic mass is 15.1. The second kappa shape index (κ2) is 4.19.